The van der Waals surface area contributed by atoms with E-state index in [-0.39, 0.29) is 12.6 Å². The monoisotopic (exact) mass is 337 g/mol. The van der Waals surface area contributed by atoms with Gasteiger partial charge in [0.25, 0.3) is 0 Å². The standard InChI is InChI=1S/C18H19N5O2/c24-17(14-6-9-19-10-7-14)13-21-18(25)20-12-15-4-1-2-5-16(15)23-11-3-8-22-23/h1-11,17,24H,12-13H2,(H2,20,21,25). The van der Waals surface area contributed by atoms with Gasteiger partial charge in [-0.15, -0.1) is 0 Å². The molecule has 0 bridgehead atoms. The highest BCUT2D eigenvalue weighted by Gasteiger charge is 2.10. The average Bonchev–Trinajstić information content (AvgIpc) is 3.20. The quantitative estimate of drug-likeness (QED) is 0.639. The van der Waals surface area contributed by atoms with E-state index in [4.69, 9.17) is 0 Å². The van der Waals surface area contributed by atoms with E-state index >= 15 is 0 Å². The Labute approximate surface area is 145 Å². The summed E-state index contributed by atoms with van der Waals surface area (Å²) in [6, 6.07) is 12.6. The minimum absolute atomic E-state index is 0.122. The number of hydrogen-bond donors (Lipinski definition) is 3. The first-order chi connectivity index (χ1) is 12.2. The maximum absolute atomic E-state index is 12.0. The lowest BCUT2D eigenvalue weighted by molar-refractivity contribution is 0.173. The number of benzene rings is 1. The summed E-state index contributed by atoms with van der Waals surface area (Å²) in [5.41, 5.74) is 2.56. The van der Waals surface area contributed by atoms with Crippen molar-refractivity contribution in [3.8, 4) is 5.69 Å². The van der Waals surface area contributed by atoms with E-state index in [0.29, 0.717) is 12.1 Å². The number of carbonyl (C=O) groups is 1. The van der Waals surface area contributed by atoms with Gasteiger partial charge in [0.05, 0.1) is 11.8 Å². The van der Waals surface area contributed by atoms with Gasteiger partial charge in [-0.1, -0.05) is 18.2 Å². The molecule has 7 heteroatoms. The number of urea groups is 1. The summed E-state index contributed by atoms with van der Waals surface area (Å²) in [7, 11) is 0. The lowest BCUT2D eigenvalue weighted by Crippen LogP contribution is -2.37. The first kappa shape index (κ1) is 16.7. The lowest BCUT2D eigenvalue weighted by Gasteiger charge is -2.14. The van der Waals surface area contributed by atoms with E-state index in [0.717, 1.165) is 11.3 Å². The van der Waals surface area contributed by atoms with E-state index < -0.39 is 6.10 Å². The molecule has 0 spiro atoms. The smallest absolute Gasteiger partial charge is 0.315 e. The molecular weight excluding hydrogens is 318 g/mol. The number of amides is 2. The number of para-hydroxylation sites is 1. The highest BCUT2D eigenvalue weighted by Crippen LogP contribution is 2.13. The maximum atomic E-state index is 12.0. The summed E-state index contributed by atoms with van der Waals surface area (Å²) in [4.78, 5) is 15.9. The van der Waals surface area contributed by atoms with E-state index in [9.17, 15) is 9.90 Å². The summed E-state index contributed by atoms with van der Waals surface area (Å²) in [5.74, 6) is 0. The van der Waals surface area contributed by atoms with Crippen LogP contribution in [0.3, 0.4) is 0 Å². The van der Waals surface area contributed by atoms with Gasteiger partial charge in [-0.25, -0.2) is 9.48 Å². The van der Waals surface area contributed by atoms with E-state index in [1.165, 1.54) is 0 Å². The van der Waals surface area contributed by atoms with E-state index in [1.54, 1.807) is 35.4 Å². The molecule has 3 N–H and O–H groups in total. The molecule has 0 fully saturated rings. The van der Waals surface area contributed by atoms with Gasteiger partial charge >= 0.3 is 6.03 Å². The Morgan fingerprint density at radius 3 is 2.64 bits per heavy atom. The van der Waals surface area contributed by atoms with Crippen LogP contribution >= 0.6 is 0 Å². The van der Waals surface area contributed by atoms with Gasteiger partial charge < -0.3 is 15.7 Å². The topological polar surface area (TPSA) is 92.1 Å². The molecule has 7 nitrogen and oxygen atoms in total. The Morgan fingerprint density at radius 2 is 1.88 bits per heavy atom. The second-order valence-corrected chi connectivity index (χ2v) is 5.44. The number of aliphatic hydroxyl groups excluding tert-OH is 1. The predicted molar refractivity (Wildman–Crippen MR) is 93.0 cm³/mol. The molecule has 128 valence electrons. The van der Waals surface area contributed by atoms with Crippen LogP contribution in [0.4, 0.5) is 4.79 Å². The van der Waals surface area contributed by atoms with E-state index in [1.807, 2.05) is 36.5 Å². The molecule has 2 heterocycles. The molecule has 3 rings (SSSR count). The molecule has 0 aliphatic rings. The Kier molecular flexibility index (Phi) is 5.38. The van der Waals surface area contributed by atoms with Gasteiger partial charge in [0, 0.05) is 37.9 Å². The Balaban J connectivity index is 1.53. The minimum atomic E-state index is -0.773. The number of carbonyl (C=O) groups excluding carboxylic acids is 1. The SMILES string of the molecule is O=C(NCc1ccccc1-n1cccn1)NCC(O)c1ccncc1. The van der Waals surface area contributed by atoms with Crippen molar-refractivity contribution in [1.29, 1.82) is 0 Å². The third-order valence-corrected chi connectivity index (χ3v) is 3.73. The predicted octanol–water partition coefficient (Wildman–Crippen LogP) is 1.80. The van der Waals surface area contributed by atoms with Crippen LogP contribution in [0.5, 0.6) is 0 Å². The third kappa shape index (κ3) is 4.42. The largest absolute Gasteiger partial charge is 0.387 e. The van der Waals surface area contributed by atoms with Gasteiger partial charge in [-0.3, -0.25) is 4.98 Å². The molecule has 1 unspecified atom stereocenters. The van der Waals surface area contributed by atoms with Crippen LogP contribution in [0.1, 0.15) is 17.2 Å². The summed E-state index contributed by atoms with van der Waals surface area (Å²) in [6.07, 6.45) is 5.99. The third-order valence-electron chi connectivity index (χ3n) is 3.73. The van der Waals surface area contributed by atoms with Crippen molar-refractivity contribution in [2.45, 2.75) is 12.6 Å². The fraction of sp³-hybridized carbons (Fsp3) is 0.167. The van der Waals surface area contributed by atoms with Crippen molar-refractivity contribution in [2.75, 3.05) is 6.54 Å². The molecule has 2 amide bonds. The maximum Gasteiger partial charge on any atom is 0.315 e. The van der Waals surface area contributed by atoms with Crippen LogP contribution in [-0.2, 0) is 6.54 Å². The first-order valence-electron chi connectivity index (χ1n) is 7.91. The Morgan fingerprint density at radius 1 is 1.08 bits per heavy atom. The van der Waals surface area contributed by atoms with Gasteiger partial charge in [0.2, 0.25) is 0 Å². The highest BCUT2D eigenvalue weighted by atomic mass is 16.3. The number of nitrogens with zero attached hydrogens (tertiary/aromatic N) is 3. The highest BCUT2D eigenvalue weighted by molar-refractivity contribution is 5.74. The van der Waals surface area contributed by atoms with Gasteiger partial charge in [0.1, 0.15) is 0 Å². The van der Waals surface area contributed by atoms with Crippen LogP contribution in [0.25, 0.3) is 5.69 Å². The first-order valence-corrected chi connectivity index (χ1v) is 7.91. The fourth-order valence-electron chi connectivity index (χ4n) is 2.43. The zero-order valence-electron chi connectivity index (χ0n) is 13.5. The molecule has 0 aliphatic heterocycles. The molecule has 2 aromatic heterocycles. The van der Waals surface area contributed by atoms with Crippen molar-refractivity contribution in [3.63, 3.8) is 0 Å². The summed E-state index contributed by atoms with van der Waals surface area (Å²) in [6.45, 7) is 0.476. The fourth-order valence-corrected chi connectivity index (χ4v) is 2.43. The molecule has 25 heavy (non-hydrogen) atoms. The van der Waals surface area contributed by atoms with Crippen molar-refractivity contribution < 1.29 is 9.90 Å². The van der Waals surface area contributed by atoms with Gasteiger partial charge in [0.15, 0.2) is 0 Å². The second kappa shape index (κ2) is 8.07. The molecule has 1 atom stereocenters. The molecule has 0 saturated carbocycles. The molecule has 3 aromatic rings. The van der Waals surface area contributed by atoms with Crippen molar-refractivity contribution >= 4 is 6.03 Å². The van der Waals surface area contributed by atoms with Crippen molar-refractivity contribution in [1.82, 2.24) is 25.4 Å². The second-order valence-electron chi connectivity index (χ2n) is 5.44. The van der Waals surface area contributed by atoms with E-state index in [2.05, 4.69) is 20.7 Å². The molecule has 0 radical (unpaired) electrons. The molecule has 0 aliphatic carbocycles. The van der Waals surface area contributed by atoms with Gasteiger partial charge in [-0.2, -0.15) is 5.10 Å². The number of rotatable bonds is 6. The molecular formula is C18H19N5O2. The summed E-state index contributed by atoms with van der Waals surface area (Å²) in [5, 5.41) is 19.7. The average molecular weight is 337 g/mol. The zero-order chi connectivity index (χ0) is 17.5. The number of aromatic nitrogens is 3. The lowest BCUT2D eigenvalue weighted by atomic mass is 10.1. The molecule has 1 aromatic carbocycles. The number of aliphatic hydroxyl groups is 1. The van der Waals surface area contributed by atoms with Crippen LogP contribution in [0.15, 0.2) is 67.3 Å². The minimum Gasteiger partial charge on any atom is -0.387 e. The van der Waals surface area contributed by atoms with Crippen LogP contribution in [-0.4, -0.2) is 32.4 Å². The zero-order valence-corrected chi connectivity index (χ0v) is 13.5. The van der Waals surface area contributed by atoms with Crippen LogP contribution < -0.4 is 10.6 Å². The van der Waals surface area contributed by atoms with Crippen molar-refractivity contribution in [3.05, 3.63) is 78.4 Å². The van der Waals surface area contributed by atoms with Crippen LogP contribution in [0.2, 0.25) is 0 Å². The van der Waals surface area contributed by atoms with Gasteiger partial charge in [-0.05, 0) is 35.4 Å². The van der Waals surface area contributed by atoms with Crippen LogP contribution in [0, 0.1) is 0 Å². The normalized spacial score (nSPS) is 11.7. The Bertz CT molecular complexity index is 805. The number of nitrogens with one attached hydrogen (secondary N) is 2. The van der Waals surface area contributed by atoms with Crippen molar-refractivity contribution in [2.24, 2.45) is 0 Å². The summed E-state index contributed by atoms with van der Waals surface area (Å²) >= 11 is 0. The number of hydrogen-bond acceptors (Lipinski definition) is 4. The molecule has 0 saturated heterocycles. The Hall–Kier alpha value is -3.19. The number of pyridine rings is 1. The summed E-state index contributed by atoms with van der Waals surface area (Å²) < 4.78 is 1.75.